The van der Waals surface area contributed by atoms with Crippen molar-refractivity contribution in [2.45, 2.75) is 0 Å². The van der Waals surface area contributed by atoms with Crippen LogP contribution >= 0.6 is 23.2 Å². The van der Waals surface area contributed by atoms with Crippen molar-refractivity contribution in [3.8, 4) is 17.4 Å². The number of nitrogens with zero attached hydrogens (tertiary/aromatic N) is 2. The molecule has 0 radical (unpaired) electrons. The minimum atomic E-state index is -0.722. The summed E-state index contributed by atoms with van der Waals surface area (Å²) in [7, 11) is 0. The maximum atomic E-state index is 12.3. The number of nitro groups is 1. The van der Waals surface area contributed by atoms with Gasteiger partial charge in [0.1, 0.15) is 23.2 Å². The van der Waals surface area contributed by atoms with Gasteiger partial charge in [-0.25, -0.2) is 0 Å². The van der Waals surface area contributed by atoms with Crippen molar-refractivity contribution in [3.05, 3.63) is 86.1 Å². The number of halogens is 2. The van der Waals surface area contributed by atoms with Crippen LogP contribution in [0.5, 0.6) is 0 Å². The first kappa shape index (κ1) is 20.1. The fourth-order valence-corrected chi connectivity index (χ4v) is 2.72. The van der Waals surface area contributed by atoms with E-state index in [1.807, 2.05) is 0 Å². The molecule has 29 heavy (non-hydrogen) atoms. The van der Waals surface area contributed by atoms with E-state index < -0.39 is 10.8 Å². The predicted molar refractivity (Wildman–Crippen MR) is 109 cm³/mol. The first-order chi connectivity index (χ1) is 13.9. The second kappa shape index (κ2) is 8.61. The first-order valence-corrected chi connectivity index (χ1v) is 8.86. The zero-order valence-corrected chi connectivity index (χ0v) is 16.1. The van der Waals surface area contributed by atoms with Crippen molar-refractivity contribution in [2.75, 3.05) is 5.32 Å². The van der Waals surface area contributed by atoms with Crippen molar-refractivity contribution in [2.24, 2.45) is 0 Å². The molecular formula is C20H11Cl2N3O4. The summed E-state index contributed by atoms with van der Waals surface area (Å²) in [5.41, 5.74) is 0.467. The molecule has 0 saturated heterocycles. The molecule has 2 aromatic carbocycles. The molecule has 0 aliphatic heterocycles. The number of hydrogen-bond acceptors (Lipinski definition) is 5. The van der Waals surface area contributed by atoms with E-state index in [1.165, 1.54) is 30.3 Å². The quantitative estimate of drug-likeness (QED) is 0.242. The third-order valence-corrected chi connectivity index (χ3v) is 4.54. The number of anilines is 1. The third-order valence-electron chi connectivity index (χ3n) is 3.80. The van der Waals surface area contributed by atoms with E-state index in [9.17, 15) is 20.2 Å². The van der Waals surface area contributed by atoms with Gasteiger partial charge in [0.25, 0.3) is 11.6 Å². The highest BCUT2D eigenvalue weighted by atomic mass is 35.5. The number of furan rings is 1. The average Bonchev–Trinajstić information content (AvgIpc) is 3.17. The number of hydrogen-bond donors (Lipinski definition) is 1. The van der Waals surface area contributed by atoms with Gasteiger partial charge in [0.15, 0.2) is 0 Å². The van der Waals surface area contributed by atoms with Crippen LogP contribution in [0.15, 0.2) is 64.6 Å². The summed E-state index contributed by atoms with van der Waals surface area (Å²) in [5, 5.41) is 23.4. The van der Waals surface area contributed by atoms with Gasteiger partial charge < -0.3 is 9.73 Å². The fourth-order valence-electron chi connectivity index (χ4n) is 2.42. The maximum Gasteiger partial charge on any atom is 0.271 e. The molecule has 1 aromatic heterocycles. The van der Waals surface area contributed by atoms with E-state index in [-0.39, 0.29) is 22.7 Å². The molecule has 3 aromatic rings. The number of nitrogens with one attached hydrogen (secondary N) is 1. The summed E-state index contributed by atoms with van der Waals surface area (Å²) in [5.74, 6) is 0.0310. The number of rotatable bonds is 5. The molecular weight excluding hydrogens is 417 g/mol. The van der Waals surface area contributed by atoms with Crippen LogP contribution in [0.2, 0.25) is 10.0 Å². The Morgan fingerprint density at radius 3 is 2.62 bits per heavy atom. The van der Waals surface area contributed by atoms with Gasteiger partial charge >= 0.3 is 0 Å². The number of benzene rings is 2. The number of amides is 1. The molecule has 1 heterocycles. The highest BCUT2D eigenvalue weighted by molar-refractivity contribution is 6.42. The molecule has 0 aliphatic rings. The van der Waals surface area contributed by atoms with Gasteiger partial charge in [-0.2, -0.15) is 5.26 Å². The smallest absolute Gasteiger partial charge is 0.271 e. The monoisotopic (exact) mass is 427 g/mol. The zero-order valence-electron chi connectivity index (χ0n) is 14.6. The predicted octanol–water partition coefficient (Wildman–Crippen LogP) is 5.71. The minimum Gasteiger partial charge on any atom is -0.457 e. The Morgan fingerprint density at radius 2 is 1.93 bits per heavy atom. The van der Waals surface area contributed by atoms with Crippen molar-refractivity contribution in [1.82, 2.24) is 0 Å². The summed E-state index contributed by atoms with van der Waals surface area (Å²) >= 11 is 11.9. The Hall–Kier alpha value is -3.60. The third kappa shape index (κ3) is 4.82. The summed E-state index contributed by atoms with van der Waals surface area (Å²) < 4.78 is 5.65. The molecule has 0 saturated carbocycles. The largest absolute Gasteiger partial charge is 0.457 e. The highest BCUT2D eigenvalue weighted by Crippen LogP contribution is 2.30. The molecule has 0 unspecified atom stereocenters. The van der Waals surface area contributed by atoms with Crippen LogP contribution in [0.1, 0.15) is 5.76 Å². The van der Waals surface area contributed by atoms with Gasteiger partial charge in [-0.05, 0) is 36.4 Å². The van der Waals surface area contributed by atoms with Crippen LogP contribution in [-0.2, 0) is 4.79 Å². The molecule has 144 valence electrons. The van der Waals surface area contributed by atoms with Gasteiger partial charge in [-0.15, -0.1) is 0 Å². The topological polar surface area (TPSA) is 109 Å². The first-order valence-electron chi connectivity index (χ1n) is 8.10. The molecule has 9 heteroatoms. The van der Waals surface area contributed by atoms with Crippen LogP contribution < -0.4 is 5.32 Å². The van der Waals surface area contributed by atoms with Crippen LogP contribution in [0, 0.1) is 21.4 Å². The van der Waals surface area contributed by atoms with Crippen LogP contribution in [0.4, 0.5) is 11.4 Å². The Balaban J connectivity index is 1.81. The van der Waals surface area contributed by atoms with Crippen molar-refractivity contribution in [3.63, 3.8) is 0 Å². The standard InChI is InChI=1S/C20H11Cl2N3O4/c21-17-6-4-12(9-18(17)22)19-7-5-16(29-19)8-13(11-23)20(26)24-14-2-1-3-15(10-14)25(27)28/h1-10H,(H,24,26)/b13-8+. The lowest BCUT2D eigenvalue weighted by atomic mass is 10.2. The van der Waals surface area contributed by atoms with E-state index in [4.69, 9.17) is 27.6 Å². The number of nitro benzene ring substituents is 1. The Labute approximate surface area is 174 Å². The number of nitriles is 1. The molecule has 0 fully saturated rings. The summed E-state index contributed by atoms with van der Waals surface area (Å²) in [6, 6.07) is 15.4. The van der Waals surface area contributed by atoms with E-state index in [1.54, 1.807) is 36.4 Å². The molecule has 1 amide bonds. The Bertz CT molecular complexity index is 1180. The number of carbonyl (C=O) groups is 1. The lowest BCUT2D eigenvalue weighted by molar-refractivity contribution is -0.384. The molecule has 0 aliphatic carbocycles. The maximum absolute atomic E-state index is 12.3. The molecule has 0 spiro atoms. The summed E-state index contributed by atoms with van der Waals surface area (Å²) in [6.07, 6.45) is 1.27. The fraction of sp³-hybridized carbons (Fsp3) is 0. The van der Waals surface area contributed by atoms with Crippen molar-refractivity contribution >= 4 is 46.6 Å². The lowest BCUT2D eigenvalue weighted by Crippen LogP contribution is -2.13. The van der Waals surface area contributed by atoms with Gasteiger partial charge in [-0.3, -0.25) is 14.9 Å². The average molecular weight is 428 g/mol. The molecule has 1 N–H and O–H groups in total. The van der Waals surface area contributed by atoms with Crippen molar-refractivity contribution in [1.29, 1.82) is 5.26 Å². The van der Waals surface area contributed by atoms with Crippen molar-refractivity contribution < 1.29 is 14.1 Å². The minimum absolute atomic E-state index is 0.178. The number of non-ortho nitro benzene ring substituents is 1. The SMILES string of the molecule is N#C/C(=C\c1ccc(-c2ccc(Cl)c(Cl)c2)o1)C(=O)Nc1cccc([N+](=O)[O-])c1. The lowest BCUT2D eigenvalue weighted by Gasteiger charge is -2.03. The van der Waals surface area contributed by atoms with E-state index >= 15 is 0 Å². The Morgan fingerprint density at radius 1 is 1.14 bits per heavy atom. The van der Waals surface area contributed by atoms with Gasteiger partial charge in [0, 0.05) is 29.5 Å². The molecule has 3 rings (SSSR count). The second-order valence-corrected chi connectivity index (χ2v) is 6.58. The van der Waals surface area contributed by atoms with Crippen LogP contribution in [-0.4, -0.2) is 10.8 Å². The molecule has 0 bridgehead atoms. The van der Waals surface area contributed by atoms with Gasteiger partial charge in [0.2, 0.25) is 0 Å². The summed E-state index contributed by atoms with van der Waals surface area (Å²) in [4.78, 5) is 22.6. The zero-order chi connectivity index (χ0) is 21.0. The van der Waals surface area contributed by atoms with E-state index in [0.29, 0.717) is 21.4 Å². The normalized spacial score (nSPS) is 11.0. The van der Waals surface area contributed by atoms with Crippen LogP contribution in [0.25, 0.3) is 17.4 Å². The Kier molecular flexibility index (Phi) is 5.98. The number of carbonyl (C=O) groups excluding carboxylic acids is 1. The molecule has 0 atom stereocenters. The highest BCUT2D eigenvalue weighted by Gasteiger charge is 2.14. The van der Waals surface area contributed by atoms with Gasteiger partial charge in [0.05, 0.1) is 15.0 Å². The van der Waals surface area contributed by atoms with E-state index in [2.05, 4.69) is 5.32 Å². The van der Waals surface area contributed by atoms with Crippen LogP contribution in [0.3, 0.4) is 0 Å². The second-order valence-electron chi connectivity index (χ2n) is 5.76. The van der Waals surface area contributed by atoms with Gasteiger partial charge in [-0.1, -0.05) is 29.3 Å². The summed E-state index contributed by atoms with van der Waals surface area (Å²) in [6.45, 7) is 0. The molecule has 7 nitrogen and oxygen atoms in total. The van der Waals surface area contributed by atoms with E-state index in [0.717, 1.165) is 0 Å².